The van der Waals surface area contributed by atoms with Crippen molar-refractivity contribution in [2.24, 2.45) is 5.92 Å². The first-order chi connectivity index (χ1) is 12.7. The maximum absolute atomic E-state index is 12.8. The molecule has 1 aliphatic carbocycles. The van der Waals surface area contributed by atoms with Crippen molar-refractivity contribution in [1.82, 2.24) is 25.1 Å². The van der Waals surface area contributed by atoms with E-state index in [4.69, 9.17) is 0 Å². The van der Waals surface area contributed by atoms with Crippen LogP contribution in [0, 0.1) is 5.92 Å². The molecule has 9 heteroatoms. The van der Waals surface area contributed by atoms with Crippen LogP contribution in [-0.2, 0) is 17.5 Å². The maximum Gasteiger partial charge on any atom is 0.416 e. The van der Waals surface area contributed by atoms with Gasteiger partial charge in [0.15, 0.2) is 0 Å². The highest BCUT2D eigenvalue weighted by Gasteiger charge is 2.31. The number of halogens is 3. The second-order valence-electron chi connectivity index (χ2n) is 7.14. The molecule has 1 saturated carbocycles. The van der Waals surface area contributed by atoms with Crippen LogP contribution in [0.25, 0.3) is 11.4 Å². The van der Waals surface area contributed by atoms with Gasteiger partial charge in [-0.2, -0.15) is 18.0 Å². The number of nitrogens with zero attached hydrogens (tertiary/aromatic N) is 5. The van der Waals surface area contributed by atoms with E-state index in [9.17, 15) is 18.0 Å². The minimum atomic E-state index is -4.44. The first-order valence-corrected chi connectivity index (χ1v) is 8.95. The highest BCUT2D eigenvalue weighted by atomic mass is 19.4. The Labute approximate surface area is 155 Å². The highest BCUT2D eigenvalue weighted by molar-refractivity contribution is 5.75. The van der Waals surface area contributed by atoms with Gasteiger partial charge < -0.3 is 4.90 Å². The molecule has 0 N–H and O–H groups in total. The molecule has 1 aromatic carbocycles. The van der Waals surface area contributed by atoms with E-state index >= 15 is 0 Å². The average Bonchev–Trinajstić information content (AvgIpc) is 3.09. The molecule has 1 fully saturated rings. The molecule has 1 aliphatic rings. The van der Waals surface area contributed by atoms with Crippen molar-refractivity contribution in [3.8, 4) is 11.4 Å². The highest BCUT2D eigenvalue weighted by Crippen LogP contribution is 2.31. The minimum absolute atomic E-state index is 0.0584. The summed E-state index contributed by atoms with van der Waals surface area (Å²) in [5.41, 5.74) is -0.572. The van der Waals surface area contributed by atoms with Crippen molar-refractivity contribution >= 4 is 5.91 Å². The van der Waals surface area contributed by atoms with Crippen LogP contribution in [0.1, 0.15) is 38.2 Å². The zero-order valence-electron chi connectivity index (χ0n) is 15.3. The number of hydrogen-bond acceptors (Lipinski definition) is 4. The van der Waals surface area contributed by atoms with E-state index in [-0.39, 0.29) is 29.9 Å². The van der Waals surface area contributed by atoms with Crippen LogP contribution in [0.5, 0.6) is 0 Å². The van der Waals surface area contributed by atoms with Crippen LogP contribution in [-0.4, -0.2) is 44.1 Å². The van der Waals surface area contributed by atoms with Gasteiger partial charge in [0.25, 0.3) is 0 Å². The second-order valence-corrected chi connectivity index (χ2v) is 7.14. The summed E-state index contributed by atoms with van der Waals surface area (Å²) < 4.78 is 38.5. The Morgan fingerprint density at radius 2 is 1.96 bits per heavy atom. The van der Waals surface area contributed by atoms with Crippen LogP contribution >= 0.6 is 0 Å². The lowest BCUT2D eigenvalue weighted by Gasteiger charge is -2.33. The monoisotopic (exact) mass is 381 g/mol. The third kappa shape index (κ3) is 4.64. The number of alkyl halides is 3. The van der Waals surface area contributed by atoms with Crippen LogP contribution < -0.4 is 0 Å². The summed E-state index contributed by atoms with van der Waals surface area (Å²) in [6.07, 6.45) is -0.289. The Morgan fingerprint density at radius 1 is 1.26 bits per heavy atom. The molecule has 0 saturated heterocycles. The Morgan fingerprint density at radius 3 is 2.63 bits per heavy atom. The number of likely N-dealkylation sites (N-methyl/N-ethyl adjacent to an activating group) is 1. The Kier molecular flexibility index (Phi) is 5.48. The van der Waals surface area contributed by atoms with Gasteiger partial charge in [0.1, 0.15) is 6.54 Å². The van der Waals surface area contributed by atoms with Gasteiger partial charge in [-0.1, -0.05) is 19.1 Å². The molecule has 1 heterocycles. The summed E-state index contributed by atoms with van der Waals surface area (Å²) in [5, 5.41) is 11.7. The molecule has 0 aliphatic heterocycles. The summed E-state index contributed by atoms with van der Waals surface area (Å²) >= 11 is 0. The zero-order chi connectivity index (χ0) is 19.6. The third-order valence-electron chi connectivity index (χ3n) is 5.10. The fourth-order valence-electron chi connectivity index (χ4n) is 3.33. The van der Waals surface area contributed by atoms with Gasteiger partial charge in [-0.3, -0.25) is 4.79 Å². The second kappa shape index (κ2) is 7.66. The number of rotatable bonds is 4. The summed E-state index contributed by atoms with van der Waals surface area (Å²) in [6, 6.07) is 4.94. The van der Waals surface area contributed by atoms with Crippen molar-refractivity contribution in [3.63, 3.8) is 0 Å². The quantitative estimate of drug-likeness (QED) is 0.814. The number of aromatic nitrogens is 4. The SMILES string of the molecule is CC1CCC(N(C)C(=O)Cn2nnc(-c3cccc(C(F)(F)F)c3)n2)CC1. The van der Waals surface area contributed by atoms with Gasteiger partial charge in [0.05, 0.1) is 5.56 Å². The zero-order valence-corrected chi connectivity index (χ0v) is 15.3. The van der Waals surface area contributed by atoms with E-state index in [0.29, 0.717) is 5.92 Å². The van der Waals surface area contributed by atoms with Gasteiger partial charge in [-0.15, -0.1) is 10.2 Å². The molecule has 146 valence electrons. The first-order valence-electron chi connectivity index (χ1n) is 8.95. The standard InChI is InChI=1S/C18H22F3N5O/c1-12-6-8-15(9-7-12)25(2)16(27)11-26-23-17(22-24-26)13-4-3-5-14(10-13)18(19,20)21/h3-5,10,12,15H,6-9,11H2,1-2H3. The molecule has 0 radical (unpaired) electrons. The molecule has 1 amide bonds. The lowest BCUT2D eigenvalue weighted by molar-refractivity contribution is -0.137. The largest absolute Gasteiger partial charge is 0.416 e. The minimum Gasteiger partial charge on any atom is -0.341 e. The van der Waals surface area contributed by atoms with Crippen LogP contribution in [0.3, 0.4) is 0 Å². The van der Waals surface area contributed by atoms with Crippen LogP contribution in [0.15, 0.2) is 24.3 Å². The van der Waals surface area contributed by atoms with Gasteiger partial charge in [-0.25, -0.2) is 0 Å². The lowest BCUT2D eigenvalue weighted by Crippen LogP contribution is -2.41. The average molecular weight is 381 g/mol. The van der Waals surface area contributed by atoms with Crippen LogP contribution in [0.2, 0.25) is 0 Å². The van der Waals surface area contributed by atoms with Gasteiger partial charge >= 0.3 is 6.18 Å². The summed E-state index contributed by atoms with van der Waals surface area (Å²) in [4.78, 5) is 15.3. The number of tetrazole rings is 1. The predicted octanol–water partition coefficient (Wildman–Crippen LogP) is 3.40. The Balaban J connectivity index is 1.66. The molecular formula is C18H22F3N5O. The van der Waals surface area contributed by atoms with E-state index in [0.717, 1.165) is 42.6 Å². The predicted molar refractivity (Wildman–Crippen MR) is 92.4 cm³/mol. The number of amides is 1. The van der Waals surface area contributed by atoms with E-state index < -0.39 is 11.7 Å². The molecule has 0 atom stereocenters. The van der Waals surface area contributed by atoms with Crippen molar-refractivity contribution in [2.75, 3.05) is 7.05 Å². The van der Waals surface area contributed by atoms with E-state index in [1.807, 2.05) is 0 Å². The molecule has 0 unspecified atom stereocenters. The number of carbonyl (C=O) groups is 1. The molecule has 3 rings (SSSR count). The molecule has 0 spiro atoms. The summed E-state index contributed by atoms with van der Waals surface area (Å²) in [5.74, 6) is 0.613. The lowest BCUT2D eigenvalue weighted by atomic mass is 9.87. The molecule has 2 aromatic rings. The fraction of sp³-hybridized carbons (Fsp3) is 0.556. The van der Waals surface area contributed by atoms with E-state index in [1.165, 1.54) is 12.1 Å². The summed E-state index contributed by atoms with van der Waals surface area (Å²) in [7, 11) is 1.77. The fourth-order valence-corrected chi connectivity index (χ4v) is 3.33. The van der Waals surface area contributed by atoms with Crippen molar-refractivity contribution in [3.05, 3.63) is 29.8 Å². The normalized spacial score (nSPS) is 20.5. The van der Waals surface area contributed by atoms with Gasteiger partial charge in [0, 0.05) is 18.7 Å². The van der Waals surface area contributed by atoms with E-state index in [1.54, 1.807) is 11.9 Å². The Bertz CT molecular complexity index is 796. The molecule has 27 heavy (non-hydrogen) atoms. The number of hydrogen-bond donors (Lipinski definition) is 0. The molecular weight excluding hydrogens is 359 g/mol. The first kappa shape index (κ1) is 19.3. The maximum atomic E-state index is 12.8. The van der Waals surface area contributed by atoms with Crippen molar-refractivity contribution in [2.45, 2.75) is 51.4 Å². The topological polar surface area (TPSA) is 63.9 Å². The van der Waals surface area contributed by atoms with Crippen LogP contribution in [0.4, 0.5) is 13.2 Å². The number of carbonyl (C=O) groups excluding carboxylic acids is 1. The van der Waals surface area contributed by atoms with E-state index in [2.05, 4.69) is 22.3 Å². The third-order valence-corrected chi connectivity index (χ3v) is 5.10. The molecule has 0 bridgehead atoms. The smallest absolute Gasteiger partial charge is 0.341 e. The van der Waals surface area contributed by atoms with Crippen molar-refractivity contribution < 1.29 is 18.0 Å². The summed E-state index contributed by atoms with van der Waals surface area (Å²) in [6.45, 7) is 2.13. The molecule has 6 nitrogen and oxygen atoms in total. The van der Waals surface area contributed by atoms with Gasteiger partial charge in [0.2, 0.25) is 11.7 Å². The van der Waals surface area contributed by atoms with Gasteiger partial charge in [-0.05, 0) is 48.9 Å². The number of benzene rings is 1. The Hall–Kier alpha value is -2.45. The molecule has 1 aromatic heterocycles. The van der Waals surface area contributed by atoms with Crippen molar-refractivity contribution in [1.29, 1.82) is 0 Å².